The van der Waals surface area contributed by atoms with Crippen LogP contribution in [0.15, 0.2) is 54.7 Å². The number of rotatable bonds is 7. The predicted molar refractivity (Wildman–Crippen MR) is 166 cm³/mol. The lowest BCUT2D eigenvalue weighted by Crippen LogP contribution is -2.57. The lowest BCUT2D eigenvalue weighted by Gasteiger charge is -2.35. The molecule has 2 fully saturated rings. The lowest BCUT2D eigenvalue weighted by molar-refractivity contribution is -0.140. The molecule has 232 valence electrons. The van der Waals surface area contributed by atoms with Crippen molar-refractivity contribution in [1.82, 2.24) is 24.5 Å². The van der Waals surface area contributed by atoms with Gasteiger partial charge < -0.3 is 19.7 Å². The minimum Gasteiger partial charge on any atom is -0.444 e. The highest BCUT2D eigenvalue weighted by atomic mass is 16.6. The summed E-state index contributed by atoms with van der Waals surface area (Å²) in [5, 5.41) is 2.94. The molecule has 44 heavy (non-hydrogen) atoms. The summed E-state index contributed by atoms with van der Waals surface area (Å²) in [6.07, 6.45) is 9.85. The molecular formula is C34H41N5O5. The van der Waals surface area contributed by atoms with Crippen molar-refractivity contribution in [1.29, 1.82) is 0 Å². The molecular weight excluding hydrogens is 558 g/mol. The van der Waals surface area contributed by atoms with Crippen LogP contribution in [0.25, 0.3) is 16.9 Å². The molecule has 10 nitrogen and oxygen atoms in total. The topological polar surface area (TPSA) is 105 Å². The summed E-state index contributed by atoms with van der Waals surface area (Å²) < 4.78 is 13.0. The molecule has 3 aromatic rings. The molecule has 2 aliphatic heterocycles. The molecule has 4 heterocycles. The van der Waals surface area contributed by atoms with Crippen LogP contribution in [0.3, 0.4) is 0 Å². The average Bonchev–Trinajstić information content (AvgIpc) is 3.67. The Morgan fingerprint density at radius 3 is 2.50 bits per heavy atom. The van der Waals surface area contributed by atoms with Gasteiger partial charge in [-0.25, -0.2) is 9.78 Å². The van der Waals surface area contributed by atoms with E-state index in [2.05, 4.69) is 33.8 Å². The molecule has 2 aromatic heterocycles. The van der Waals surface area contributed by atoms with Gasteiger partial charge in [-0.2, -0.15) is 0 Å². The van der Waals surface area contributed by atoms with Gasteiger partial charge in [0.1, 0.15) is 17.3 Å². The normalized spacial score (nSPS) is 18.8. The highest BCUT2D eigenvalue weighted by Gasteiger charge is 2.41. The number of benzene rings is 1. The van der Waals surface area contributed by atoms with Crippen LogP contribution in [0.1, 0.15) is 58.2 Å². The number of carbonyl (C=O) groups is 3. The smallest absolute Gasteiger partial charge is 0.411 e. The van der Waals surface area contributed by atoms with E-state index in [4.69, 9.17) is 20.9 Å². The number of ether oxygens (including phenoxy) is 2. The van der Waals surface area contributed by atoms with E-state index < -0.39 is 29.7 Å². The molecule has 0 spiro atoms. The molecule has 0 saturated carbocycles. The van der Waals surface area contributed by atoms with Gasteiger partial charge >= 0.3 is 6.09 Å². The number of hydrogen-bond donors (Lipinski definition) is 1. The predicted octanol–water partition coefficient (Wildman–Crippen LogP) is 4.44. The van der Waals surface area contributed by atoms with Crippen LogP contribution >= 0.6 is 0 Å². The van der Waals surface area contributed by atoms with Crippen LogP contribution in [0, 0.1) is 18.3 Å². The SMILES string of the molecule is C#C[C@@H](C(=O)N[C@H](C(=O)N1CCC[C@H]1c1cn2c(-c3ccccc3)cccc2n1)C1CCOCC1)N(C)C(=O)OC(C)(C)C. The number of likely N-dealkylation sites (tertiary alicyclic amines) is 1. The van der Waals surface area contributed by atoms with Gasteiger partial charge in [0.05, 0.1) is 17.4 Å². The van der Waals surface area contributed by atoms with Crippen LogP contribution < -0.4 is 5.32 Å². The molecule has 3 atom stereocenters. The highest BCUT2D eigenvalue weighted by molar-refractivity contribution is 5.93. The summed E-state index contributed by atoms with van der Waals surface area (Å²) in [6.45, 7) is 6.76. The van der Waals surface area contributed by atoms with Gasteiger partial charge in [-0.1, -0.05) is 42.3 Å². The third-order valence-electron chi connectivity index (χ3n) is 8.23. The van der Waals surface area contributed by atoms with E-state index in [0.29, 0.717) is 32.6 Å². The van der Waals surface area contributed by atoms with Crippen molar-refractivity contribution in [2.75, 3.05) is 26.8 Å². The largest absolute Gasteiger partial charge is 0.444 e. The van der Waals surface area contributed by atoms with Crippen LogP contribution in [-0.4, -0.2) is 81.6 Å². The van der Waals surface area contributed by atoms with Crippen molar-refractivity contribution in [2.24, 2.45) is 5.92 Å². The first-order chi connectivity index (χ1) is 21.1. The Morgan fingerprint density at radius 1 is 1.09 bits per heavy atom. The van der Waals surface area contributed by atoms with E-state index in [0.717, 1.165) is 40.3 Å². The standard InChI is InChI=1S/C34H41N5O5/c1-6-26(37(5)33(42)44-34(2,3)4)31(40)36-30(24-17-20-43-21-18-24)32(41)38-19-11-15-28(38)25-22-39-27(14-10-16-29(39)35-25)23-12-8-7-9-13-23/h1,7-10,12-14,16,22,24,26,28,30H,11,15,17-21H2,2-5H3,(H,36,40)/t26-,28-,30-/m0/s1. The zero-order chi connectivity index (χ0) is 31.4. The number of nitrogens with zero attached hydrogens (tertiary/aromatic N) is 4. The molecule has 2 saturated heterocycles. The molecule has 0 aliphatic carbocycles. The average molecular weight is 600 g/mol. The minimum absolute atomic E-state index is 0.141. The Balaban J connectivity index is 1.40. The van der Waals surface area contributed by atoms with E-state index >= 15 is 0 Å². The fraction of sp³-hybridized carbons (Fsp3) is 0.471. The van der Waals surface area contributed by atoms with E-state index in [9.17, 15) is 14.4 Å². The van der Waals surface area contributed by atoms with Gasteiger partial charge in [-0.3, -0.25) is 18.9 Å². The number of fused-ring (bicyclic) bond motifs is 1. The second-order valence-electron chi connectivity index (χ2n) is 12.5. The van der Waals surface area contributed by atoms with E-state index in [1.807, 2.05) is 41.4 Å². The number of terminal acetylenes is 1. The number of aromatic nitrogens is 2. The number of hydrogen-bond acceptors (Lipinski definition) is 6. The first kappa shape index (κ1) is 31.1. The summed E-state index contributed by atoms with van der Waals surface area (Å²) >= 11 is 0. The first-order valence-electron chi connectivity index (χ1n) is 15.2. The van der Waals surface area contributed by atoms with Gasteiger partial charge in [-0.05, 0) is 70.1 Å². The maximum absolute atomic E-state index is 14.3. The number of nitrogens with one attached hydrogen (secondary N) is 1. The van der Waals surface area contributed by atoms with Crippen molar-refractivity contribution in [3.63, 3.8) is 0 Å². The summed E-state index contributed by atoms with van der Waals surface area (Å²) in [5.41, 5.74) is 2.94. The van der Waals surface area contributed by atoms with Crippen LogP contribution in [0.2, 0.25) is 0 Å². The van der Waals surface area contributed by atoms with Gasteiger partial charge in [0, 0.05) is 33.0 Å². The van der Waals surface area contributed by atoms with Crippen molar-refractivity contribution in [3.8, 4) is 23.6 Å². The highest BCUT2D eigenvalue weighted by Crippen LogP contribution is 2.34. The summed E-state index contributed by atoms with van der Waals surface area (Å²) in [6, 6.07) is 13.8. The molecule has 3 amide bonds. The van der Waals surface area contributed by atoms with E-state index in [1.54, 1.807) is 20.8 Å². The van der Waals surface area contributed by atoms with E-state index in [-0.39, 0.29) is 17.9 Å². The molecule has 1 aromatic carbocycles. The number of likely N-dealkylation sites (N-methyl/N-ethyl adjacent to an activating group) is 1. The van der Waals surface area contributed by atoms with Crippen molar-refractivity contribution >= 4 is 23.6 Å². The Hall–Kier alpha value is -4.36. The lowest BCUT2D eigenvalue weighted by atomic mass is 9.90. The van der Waals surface area contributed by atoms with Gasteiger partial charge in [0.25, 0.3) is 5.91 Å². The van der Waals surface area contributed by atoms with Gasteiger partial charge in [-0.15, -0.1) is 6.42 Å². The second-order valence-corrected chi connectivity index (χ2v) is 12.5. The zero-order valence-electron chi connectivity index (χ0n) is 25.9. The van der Waals surface area contributed by atoms with Gasteiger partial charge in [0.2, 0.25) is 5.91 Å². The van der Waals surface area contributed by atoms with Crippen LogP contribution in [0.5, 0.6) is 0 Å². The minimum atomic E-state index is -1.25. The second kappa shape index (κ2) is 13.1. The van der Waals surface area contributed by atoms with Crippen LogP contribution in [0.4, 0.5) is 4.79 Å². The van der Waals surface area contributed by atoms with Crippen LogP contribution in [-0.2, 0) is 19.1 Å². The molecule has 0 unspecified atom stereocenters. The molecule has 10 heteroatoms. The Morgan fingerprint density at radius 2 is 1.82 bits per heavy atom. The van der Waals surface area contributed by atoms with Crippen molar-refractivity contribution < 1.29 is 23.9 Å². The van der Waals surface area contributed by atoms with Gasteiger partial charge in [0.15, 0.2) is 6.04 Å². The van der Waals surface area contributed by atoms with Crippen molar-refractivity contribution in [3.05, 3.63) is 60.4 Å². The monoisotopic (exact) mass is 599 g/mol. The van der Waals surface area contributed by atoms with Crippen molar-refractivity contribution in [2.45, 2.75) is 70.2 Å². The number of amides is 3. The quantitative estimate of drug-likeness (QED) is 0.403. The molecule has 2 aliphatic rings. The zero-order valence-corrected chi connectivity index (χ0v) is 25.9. The third-order valence-corrected chi connectivity index (χ3v) is 8.23. The number of imidazole rings is 1. The molecule has 0 bridgehead atoms. The summed E-state index contributed by atoms with van der Waals surface area (Å²) in [4.78, 5) is 48.5. The Bertz CT molecular complexity index is 1530. The van der Waals surface area contributed by atoms with E-state index in [1.165, 1.54) is 7.05 Å². The Labute approximate surface area is 258 Å². The number of pyridine rings is 1. The maximum Gasteiger partial charge on any atom is 0.411 e. The number of carbonyl (C=O) groups excluding carboxylic acids is 3. The fourth-order valence-electron chi connectivity index (χ4n) is 6.02. The first-order valence-corrected chi connectivity index (χ1v) is 15.2. The molecule has 0 radical (unpaired) electrons. The summed E-state index contributed by atoms with van der Waals surface area (Å²) in [5.74, 6) is 1.49. The fourth-order valence-corrected chi connectivity index (χ4v) is 6.02. The third kappa shape index (κ3) is 6.73. The molecule has 1 N–H and O–H groups in total. The molecule has 5 rings (SSSR count). The Kier molecular flexibility index (Phi) is 9.25. The maximum atomic E-state index is 14.3. The summed E-state index contributed by atoms with van der Waals surface area (Å²) in [7, 11) is 1.42.